The molecule has 0 saturated heterocycles. The summed E-state index contributed by atoms with van der Waals surface area (Å²) in [5.41, 5.74) is 7.44. The van der Waals surface area contributed by atoms with Crippen molar-refractivity contribution in [1.82, 2.24) is 9.97 Å². The van der Waals surface area contributed by atoms with E-state index in [1.807, 2.05) is 12.1 Å². The van der Waals surface area contributed by atoms with Gasteiger partial charge in [-0.05, 0) is 24.1 Å². The molecular weight excluding hydrogens is 270 g/mol. The van der Waals surface area contributed by atoms with E-state index in [0.29, 0.717) is 0 Å². The number of methoxy groups -OCH3 is 1. The number of thioether (sulfide) groups is 1. The predicted octanol–water partition coefficient (Wildman–Crippen LogP) is 3.06. The minimum Gasteiger partial charge on any atom is -0.497 e. The van der Waals surface area contributed by atoms with E-state index in [0.717, 1.165) is 17.2 Å². The summed E-state index contributed by atoms with van der Waals surface area (Å²) in [7, 11) is 1.67. The number of hydrogen-bond donors (Lipinski definition) is 1. The molecule has 0 bridgehead atoms. The van der Waals surface area contributed by atoms with Crippen LogP contribution in [-0.4, -0.2) is 23.1 Å². The number of nitrogens with zero attached hydrogens (tertiary/aromatic N) is 2. The van der Waals surface area contributed by atoms with Crippen molar-refractivity contribution in [2.45, 2.75) is 29.7 Å². The topological polar surface area (TPSA) is 61.0 Å². The van der Waals surface area contributed by atoms with Crippen LogP contribution in [0, 0.1) is 0 Å². The molecular formula is C15H19N3OS. The molecule has 2 N–H and O–H groups in total. The monoisotopic (exact) mass is 289 g/mol. The van der Waals surface area contributed by atoms with Crippen LogP contribution in [0.4, 0.5) is 0 Å². The van der Waals surface area contributed by atoms with E-state index >= 15 is 0 Å². The normalized spacial score (nSPS) is 13.8. The summed E-state index contributed by atoms with van der Waals surface area (Å²) in [5.74, 6) is 0.849. The molecule has 1 aromatic heterocycles. The van der Waals surface area contributed by atoms with Crippen LogP contribution in [0.5, 0.6) is 5.75 Å². The van der Waals surface area contributed by atoms with Crippen molar-refractivity contribution >= 4 is 11.8 Å². The molecule has 0 fully saturated rings. The molecule has 0 radical (unpaired) electrons. The number of ether oxygens (including phenoxy) is 1. The molecule has 5 heteroatoms. The average molecular weight is 289 g/mol. The Bertz CT molecular complexity index is 518. The summed E-state index contributed by atoms with van der Waals surface area (Å²) in [6.45, 7) is 2.10. The summed E-state index contributed by atoms with van der Waals surface area (Å²) in [6, 6.07) is 8.10. The minimum absolute atomic E-state index is 0.0652. The first kappa shape index (κ1) is 14.8. The zero-order valence-corrected chi connectivity index (χ0v) is 12.5. The number of benzene rings is 1. The molecule has 0 spiro atoms. The molecule has 20 heavy (non-hydrogen) atoms. The first-order valence-corrected chi connectivity index (χ1v) is 7.44. The highest BCUT2D eigenvalue weighted by molar-refractivity contribution is 7.99. The Morgan fingerprint density at radius 2 is 2.00 bits per heavy atom. The van der Waals surface area contributed by atoms with Gasteiger partial charge in [-0.15, -0.1) is 0 Å². The Kier molecular flexibility index (Phi) is 5.38. The van der Waals surface area contributed by atoms with Gasteiger partial charge in [-0.25, -0.2) is 4.98 Å². The third-order valence-corrected chi connectivity index (χ3v) is 4.42. The van der Waals surface area contributed by atoms with Gasteiger partial charge in [-0.2, -0.15) is 0 Å². The predicted molar refractivity (Wildman–Crippen MR) is 81.9 cm³/mol. The Hall–Kier alpha value is -1.59. The second kappa shape index (κ2) is 7.26. The van der Waals surface area contributed by atoms with Crippen molar-refractivity contribution < 1.29 is 4.74 Å². The van der Waals surface area contributed by atoms with E-state index in [4.69, 9.17) is 10.5 Å². The van der Waals surface area contributed by atoms with Crippen LogP contribution in [0.25, 0.3) is 0 Å². The molecule has 4 nitrogen and oxygen atoms in total. The number of rotatable bonds is 6. The lowest BCUT2D eigenvalue weighted by Gasteiger charge is -2.22. The van der Waals surface area contributed by atoms with Gasteiger partial charge in [-0.3, -0.25) is 4.98 Å². The van der Waals surface area contributed by atoms with Crippen LogP contribution in [0.3, 0.4) is 0 Å². The molecule has 0 aliphatic carbocycles. The molecule has 106 valence electrons. The number of hydrogen-bond acceptors (Lipinski definition) is 5. The van der Waals surface area contributed by atoms with Crippen molar-refractivity contribution in [3.05, 3.63) is 48.4 Å². The summed E-state index contributed by atoms with van der Waals surface area (Å²) in [5, 5.41) is 1.04. The number of nitrogens with two attached hydrogens (primary N) is 1. The van der Waals surface area contributed by atoms with Crippen molar-refractivity contribution in [2.24, 2.45) is 5.73 Å². The summed E-state index contributed by atoms with van der Waals surface area (Å²) >= 11 is 1.65. The van der Waals surface area contributed by atoms with Crippen LogP contribution >= 0.6 is 11.8 Å². The highest BCUT2D eigenvalue weighted by atomic mass is 32.2. The van der Waals surface area contributed by atoms with Crippen molar-refractivity contribution in [1.29, 1.82) is 0 Å². The van der Waals surface area contributed by atoms with Crippen LogP contribution in [0.1, 0.15) is 24.2 Å². The second-order valence-electron chi connectivity index (χ2n) is 4.43. The van der Waals surface area contributed by atoms with Crippen LogP contribution in [-0.2, 0) is 0 Å². The average Bonchev–Trinajstić information content (AvgIpc) is 2.53. The Balaban J connectivity index is 2.22. The molecule has 1 aromatic carbocycles. The first-order chi connectivity index (χ1) is 9.74. The third kappa shape index (κ3) is 3.71. The second-order valence-corrected chi connectivity index (χ2v) is 5.59. The summed E-state index contributed by atoms with van der Waals surface area (Å²) < 4.78 is 5.19. The van der Waals surface area contributed by atoms with E-state index in [9.17, 15) is 0 Å². The largest absolute Gasteiger partial charge is 0.497 e. The molecule has 1 heterocycles. The van der Waals surface area contributed by atoms with Gasteiger partial charge in [0.25, 0.3) is 0 Å². The van der Waals surface area contributed by atoms with Crippen LogP contribution in [0.15, 0.2) is 47.9 Å². The van der Waals surface area contributed by atoms with Crippen LogP contribution in [0.2, 0.25) is 0 Å². The first-order valence-electron chi connectivity index (χ1n) is 6.56. The van der Waals surface area contributed by atoms with Gasteiger partial charge in [0, 0.05) is 18.4 Å². The van der Waals surface area contributed by atoms with Gasteiger partial charge < -0.3 is 10.5 Å². The standard InChI is InChI=1S/C15H19N3OS/c1-3-13(16)15(20-14-10-17-8-9-18-14)11-4-6-12(19-2)7-5-11/h4-10,13,15H,3,16H2,1-2H3. The minimum atomic E-state index is 0.0652. The van der Waals surface area contributed by atoms with Gasteiger partial charge in [0.15, 0.2) is 0 Å². The van der Waals surface area contributed by atoms with Gasteiger partial charge >= 0.3 is 0 Å². The van der Waals surface area contributed by atoms with Crippen molar-refractivity contribution in [2.75, 3.05) is 7.11 Å². The molecule has 0 aliphatic heterocycles. The maximum Gasteiger partial charge on any atom is 0.118 e. The van der Waals surface area contributed by atoms with Gasteiger partial charge in [0.2, 0.25) is 0 Å². The van der Waals surface area contributed by atoms with E-state index in [2.05, 4.69) is 29.0 Å². The maximum absolute atomic E-state index is 6.27. The zero-order valence-electron chi connectivity index (χ0n) is 11.7. The fourth-order valence-corrected chi connectivity index (χ4v) is 3.05. The third-order valence-electron chi connectivity index (χ3n) is 3.09. The molecule has 2 unspecified atom stereocenters. The SMILES string of the molecule is CCC(N)C(Sc1cnccn1)c1ccc(OC)cc1. The maximum atomic E-state index is 6.27. The molecule has 0 amide bonds. The highest BCUT2D eigenvalue weighted by Gasteiger charge is 2.20. The van der Waals surface area contributed by atoms with Crippen LogP contribution < -0.4 is 10.5 Å². The molecule has 0 aliphatic rings. The molecule has 0 saturated carbocycles. The lowest BCUT2D eigenvalue weighted by Crippen LogP contribution is -2.25. The van der Waals surface area contributed by atoms with Gasteiger partial charge in [0.1, 0.15) is 10.8 Å². The fourth-order valence-electron chi connectivity index (χ4n) is 1.89. The lowest BCUT2D eigenvalue weighted by molar-refractivity contribution is 0.414. The quantitative estimate of drug-likeness (QED) is 0.828. The summed E-state index contributed by atoms with van der Waals surface area (Å²) in [6.07, 6.45) is 6.05. The van der Waals surface area contributed by atoms with Crippen molar-refractivity contribution in [3.8, 4) is 5.75 Å². The van der Waals surface area contributed by atoms with Gasteiger partial charge in [0.05, 0.1) is 18.6 Å². The zero-order chi connectivity index (χ0) is 14.4. The lowest BCUT2D eigenvalue weighted by atomic mass is 10.0. The Morgan fingerprint density at radius 3 is 2.55 bits per heavy atom. The van der Waals surface area contributed by atoms with Crippen molar-refractivity contribution in [3.63, 3.8) is 0 Å². The van der Waals surface area contributed by atoms with E-state index < -0.39 is 0 Å². The number of aromatic nitrogens is 2. The van der Waals surface area contributed by atoms with E-state index in [1.165, 1.54) is 5.56 Å². The van der Waals surface area contributed by atoms with E-state index in [-0.39, 0.29) is 11.3 Å². The Morgan fingerprint density at radius 1 is 1.25 bits per heavy atom. The smallest absolute Gasteiger partial charge is 0.118 e. The highest BCUT2D eigenvalue weighted by Crippen LogP contribution is 2.37. The van der Waals surface area contributed by atoms with E-state index in [1.54, 1.807) is 37.5 Å². The Labute approximate surface area is 123 Å². The molecule has 2 aromatic rings. The molecule has 2 atom stereocenters. The van der Waals surface area contributed by atoms with Gasteiger partial charge in [-0.1, -0.05) is 30.8 Å². The fraction of sp³-hybridized carbons (Fsp3) is 0.333. The molecule has 2 rings (SSSR count). The summed E-state index contributed by atoms with van der Waals surface area (Å²) in [4.78, 5) is 8.41.